The van der Waals surface area contributed by atoms with Gasteiger partial charge in [0.15, 0.2) is 11.1 Å². The maximum absolute atomic E-state index is 11.2. The van der Waals surface area contributed by atoms with Gasteiger partial charge < -0.3 is 9.29 Å². The number of epoxide rings is 1. The summed E-state index contributed by atoms with van der Waals surface area (Å²) < 4.78 is 26.5. The summed E-state index contributed by atoms with van der Waals surface area (Å²) in [7, 11) is 0. The summed E-state index contributed by atoms with van der Waals surface area (Å²) in [5.41, 5.74) is 0.876. The highest BCUT2D eigenvalue weighted by molar-refractivity contribution is 9.10. The van der Waals surface area contributed by atoms with Crippen molar-refractivity contribution >= 4 is 27.0 Å². The van der Waals surface area contributed by atoms with Crippen LogP contribution in [0.5, 0.6) is 0 Å². The molecule has 0 aromatic heterocycles. The third kappa shape index (κ3) is 3.11. The Bertz CT molecular complexity index is 379. The predicted molar refractivity (Wildman–Crippen MR) is 62.0 cm³/mol. The highest BCUT2D eigenvalue weighted by Gasteiger charge is 2.30. The van der Waals surface area contributed by atoms with Gasteiger partial charge in [-0.25, -0.2) is 4.21 Å². The second-order valence-electron chi connectivity index (χ2n) is 3.51. The number of rotatable bonds is 4. The van der Waals surface area contributed by atoms with Crippen molar-refractivity contribution in [1.29, 1.82) is 0 Å². The molecule has 5 heteroatoms. The van der Waals surface area contributed by atoms with Crippen molar-refractivity contribution < 1.29 is 13.5 Å². The molecule has 1 heterocycles. The second-order valence-corrected chi connectivity index (χ2v) is 5.55. The minimum atomic E-state index is -1.84. The topological polar surface area (TPSA) is 49.8 Å². The van der Waals surface area contributed by atoms with E-state index in [0.717, 1.165) is 10.0 Å². The summed E-state index contributed by atoms with van der Waals surface area (Å²) in [5.74, 6) is 0. The standard InChI is InChI=1S/C10H11BrO3S/c11-8-3-1-2-7(4-8)10(15(12)13)5-9-6-14-9/h1-4,9-10H,5-6H2,(H,12,13). The fraction of sp³-hybridized carbons (Fsp3) is 0.400. The normalized spacial score (nSPS) is 23.5. The summed E-state index contributed by atoms with van der Waals surface area (Å²) in [5, 5.41) is -0.352. The maximum Gasteiger partial charge on any atom is 0.160 e. The van der Waals surface area contributed by atoms with Crippen molar-refractivity contribution in [3.05, 3.63) is 34.3 Å². The molecule has 1 fully saturated rings. The lowest BCUT2D eigenvalue weighted by molar-refractivity contribution is 0.391. The Hall–Kier alpha value is -0.230. The largest absolute Gasteiger partial charge is 0.373 e. The van der Waals surface area contributed by atoms with Gasteiger partial charge in [-0.3, -0.25) is 0 Å². The van der Waals surface area contributed by atoms with Crippen LogP contribution in [-0.4, -0.2) is 21.5 Å². The van der Waals surface area contributed by atoms with Crippen LogP contribution in [0, 0.1) is 0 Å². The Balaban J connectivity index is 2.18. The first-order valence-electron chi connectivity index (χ1n) is 4.63. The van der Waals surface area contributed by atoms with Gasteiger partial charge in [0.25, 0.3) is 0 Å². The fourth-order valence-electron chi connectivity index (χ4n) is 1.48. The highest BCUT2D eigenvalue weighted by Crippen LogP contribution is 2.30. The van der Waals surface area contributed by atoms with Crippen LogP contribution in [0.15, 0.2) is 28.7 Å². The molecule has 1 N–H and O–H groups in total. The zero-order valence-corrected chi connectivity index (χ0v) is 10.3. The lowest BCUT2D eigenvalue weighted by Gasteiger charge is -2.12. The van der Waals surface area contributed by atoms with Crippen LogP contribution in [0.3, 0.4) is 0 Å². The minimum Gasteiger partial charge on any atom is -0.373 e. The van der Waals surface area contributed by atoms with E-state index in [-0.39, 0.29) is 11.4 Å². The molecule has 1 saturated heterocycles. The Labute approximate surface area is 99.2 Å². The molecule has 1 aliphatic heterocycles. The molecule has 1 aromatic rings. The van der Waals surface area contributed by atoms with E-state index in [9.17, 15) is 8.76 Å². The minimum absolute atomic E-state index is 0.157. The zero-order valence-electron chi connectivity index (χ0n) is 7.93. The molecule has 0 radical (unpaired) electrons. The van der Waals surface area contributed by atoms with E-state index in [1.54, 1.807) is 0 Å². The summed E-state index contributed by atoms with van der Waals surface area (Å²) >= 11 is 1.51. The third-order valence-corrected chi connectivity index (χ3v) is 3.79. The van der Waals surface area contributed by atoms with E-state index >= 15 is 0 Å². The summed E-state index contributed by atoms with van der Waals surface area (Å²) in [6.07, 6.45) is 0.768. The zero-order chi connectivity index (χ0) is 10.8. The molecule has 82 valence electrons. The molecule has 0 spiro atoms. The van der Waals surface area contributed by atoms with Crippen molar-refractivity contribution in [2.24, 2.45) is 0 Å². The average molecular weight is 291 g/mol. The van der Waals surface area contributed by atoms with E-state index in [4.69, 9.17) is 4.74 Å². The molecule has 3 atom stereocenters. The van der Waals surface area contributed by atoms with Gasteiger partial charge in [-0.15, -0.1) is 0 Å². The van der Waals surface area contributed by atoms with Crippen LogP contribution in [0.25, 0.3) is 0 Å². The van der Waals surface area contributed by atoms with E-state index in [0.29, 0.717) is 13.0 Å². The second kappa shape index (κ2) is 4.74. The molecule has 3 unspecified atom stereocenters. The van der Waals surface area contributed by atoms with Gasteiger partial charge in [0, 0.05) is 4.47 Å². The van der Waals surface area contributed by atoms with Crippen LogP contribution < -0.4 is 0 Å². The summed E-state index contributed by atoms with van der Waals surface area (Å²) in [6.45, 7) is 0.710. The first-order chi connectivity index (χ1) is 7.16. The van der Waals surface area contributed by atoms with E-state index in [2.05, 4.69) is 15.9 Å². The SMILES string of the molecule is O=S(O)C(CC1CO1)c1cccc(Br)c1. The lowest BCUT2D eigenvalue weighted by Crippen LogP contribution is -2.08. The van der Waals surface area contributed by atoms with Crippen LogP contribution in [0.1, 0.15) is 17.2 Å². The van der Waals surface area contributed by atoms with Crippen LogP contribution >= 0.6 is 15.9 Å². The van der Waals surface area contributed by atoms with E-state index in [1.165, 1.54) is 0 Å². The van der Waals surface area contributed by atoms with Gasteiger partial charge in [0.05, 0.1) is 18.0 Å². The maximum atomic E-state index is 11.2. The van der Waals surface area contributed by atoms with E-state index < -0.39 is 11.1 Å². The summed E-state index contributed by atoms with van der Waals surface area (Å²) in [4.78, 5) is 0. The van der Waals surface area contributed by atoms with Crippen molar-refractivity contribution in [3.63, 3.8) is 0 Å². The molecule has 3 nitrogen and oxygen atoms in total. The highest BCUT2D eigenvalue weighted by atomic mass is 79.9. The van der Waals surface area contributed by atoms with Gasteiger partial charge >= 0.3 is 0 Å². The van der Waals surface area contributed by atoms with Gasteiger partial charge in [-0.05, 0) is 24.1 Å². The Kier molecular flexibility index (Phi) is 3.56. The molecule has 1 aliphatic rings. The average Bonchev–Trinajstić information content (AvgIpc) is 2.97. The molecule has 0 bridgehead atoms. The van der Waals surface area contributed by atoms with Gasteiger partial charge in [0.1, 0.15) is 0 Å². The Morgan fingerprint density at radius 3 is 2.93 bits per heavy atom. The molecular formula is C10H11BrO3S. The van der Waals surface area contributed by atoms with Crippen molar-refractivity contribution in [2.75, 3.05) is 6.61 Å². The van der Waals surface area contributed by atoms with Gasteiger partial charge in [0.2, 0.25) is 0 Å². The number of halogens is 1. The monoisotopic (exact) mass is 290 g/mol. The van der Waals surface area contributed by atoms with E-state index in [1.807, 2.05) is 24.3 Å². The number of hydrogen-bond acceptors (Lipinski definition) is 2. The first kappa shape index (κ1) is 11.3. The van der Waals surface area contributed by atoms with Crippen LogP contribution in [-0.2, 0) is 15.8 Å². The predicted octanol–water partition coefficient (Wildman–Crippen LogP) is 2.50. The number of ether oxygens (including phenoxy) is 1. The molecule has 15 heavy (non-hydrogen) atoms. The van der Waals surface area contributed by atoms with Crippen LogP contribution in [0.4, 0.5) is 0 Å². The molecule has 1 aromatic carbocycles. The molecule has 2 rings (SSSR count). The van der Waals surface area contributed by atoms with Crippen molar-refractivity contribution in [2.45, 2.75) is 17.8 Å². The number of benzene rings is 1. The Morgan fingerprint density at radius 1 is 1.67 bits per heavy atom. The smallest absolute Gasteiger partial charge is 0.160 e. The van der Waals surface area contributed by atoms with Gasteiger partial charge in [-0.1, -0.05) is 28.1 Å². The quantitative estimate of drug-likeness (QED) is 0.685. The summed E-state index contributed by atoms with van der Waals surface area (Å²) in [6, 6.07) is 7.51. The fourth-order valence-corrected chi connectivity index (χ4v) is 2.66. The van der Waals surface area contributed by atoms with Crippen molar-refractivity contribution in [1.82, 2.24) is 0 Å². The lowest BCUT2D eigenvalue weighted by atomic mass is 10.1. The Morgan fingerprint density at radius 2 is 2.40 bits per heavy atom. The molecule has 0 saturated carbocycles. The third-order valence-electron chi connectivity index (χ3n) is 2.34. The first-order valence-corrected chi connectivity index (χ1v) is 6.60. The van der Waals surface area contributed by atoms with Gasteiger partial charge in [-0.2, -0.15) is 0 Å². The molecule has 0 amide bonds. The van der Waals surface area contributed by atoms with Crippen molar-refractivity contribution in [3.8, 4) is 0 Å². The molecule has 0 aliphatic carbocycles. The number of hydrogen-bond donors (Lipinski definition) is 1. The van der Waals surface area contributed by atoms with Crippen LogP contribution in [0.2, 0.25) is 0 Å². The molecular weight excluding hydrogens is 280 g/mol.